The Bertz CT molecular complexity index is 709. The summed E-state index contributed by atoms with van der Waals surface area (Å²) < 4.78 is 31.9. The highest BCUT2D eigenvalue weighted by Crippen LogP contribution is 2.20. The Balaban J connectivity index is 2.17. The van der Waals surface area contributed by atoms with E-state index in [-0.39, 0.29) is 18.0 Å². The monoisotopic (exact) mass is 315 g/mol. The van der Waals surface area contributed by atoms with E-state index in [0.29, 0.717) is 22.1 Å². The fourth-order valence-electron chi connectivity index (χ4n) is 1.67. The summed E-state index contributed by atoms with van der Waals surface area (Å²) in [4.78, 5) is 0.0502. The fraction of sp³-hybridized carbons (Fsp3) is 0.231. The molecule has 0 saturated heterocycles. The van der Waals surface area contributed by atoms with E-state index in [4.69, 9.17) is 21.1 Å². The minimum atomic E-state index is -3.68. The number of aliphatic hydroxyl groups excluding tert-OH is 1. The standard InChI is InChI=1S/C13H14ClNO4S/c1-9-2-3-11(19-9)7-15-20(17,18)12-4-5-13(14)10(6-12)8-16/h2-6,15-16H,7-8H2,1H3. The summed E-state index contributed by atoms with van der Waals surface area (Å²) in [6.45, 7) is 1.53. The summed E-state index contributed by atoms with van der Waals surface area (Å²) in [6, 6.07) is 7.64. The molecule has 0 saturated carbocycles. The molecule has 0 amide bonds. The van der Waals surface area contributed by atoms with Crippen LogP contribution in [0.3, 0.4) is 0 Å². The van der Waals surface area contributed by atoms with E-state index in [1.54, 1.807) is 19.1 Å². The van der Waals surface area contributed by atoms with Crippen LogP contribution in [0.25, 0.3) is 0 Å². The van der Waals surface area contributed by atoms with Gasteiger partial charge in [0, 0.05) is 5.02 Å². The van der Waals surface area contributed by atoms with Gasteiger partial charge in [0.25, 0.3) is 0 Å². The van der Waals surface area contributed by atoms with Crippen molar-refractivity contribution in [2.24, 2.45) is 0 Å². The van der Waals surface area contributed by atoms with Gasteiger partial charge in [0.15, 0.2) is 0 Å². The molecule has 108 valence electrons. The zero-order valence-corrected chi connectivity index (χ0v) is 12.3. The highest BCUT2D eigenvalue weighted by atomic mass is 35.5. The summed E-state index contributed by atoms with van der Waals surface area (Å²) in [5.74, 6) is 1.25. The Morgan fingerprint density at radius 1 is 1.30 bits per heavy atom. The molecule has 0 atom stereocenters. The van der Waals surface area contributed by atoms with Crippen LogP contribution >= 0.6 is 11.6 Å². The molecule has 7 heteroatoms. The van der Waals surface area contributed by atoms with Gasteiger partial charge in [-0.05, 0) is 42.8 Å². The lowest BCUT2D eigenvalue weighted by molar-refractivity contribution is 0.281. The molecule has 1 heterocycles. The second kappa shape index (κ2) is 5.97. The maximum Gasteiger partial charge on any atom is 0.240 e. The smallest absolute Gasteiger partial charge is 0.240 e. The third kappa shape index (κ3) is 3.40. The van der Waals surface area contributed by atoms with E-state index in [0.717, 1.165) is 0 Å². The molecule has 2 N–H and O–H groups in total. The number of hydrogen-bond acceptors (Lipinski definition) is 4. The quantitative estimate of drug-likeness (QED) is 0.886. The van der Waals surface area contributed by atoms with Crippen molar-refractivity contribution in [3.05, 3.63) is 52.4 Å². The van der Waals surface area contributed by atoms with Crippen LogP contribution in [0.15, 0.2) is 39.6 Å². The number of furan rings is 1. The Morgan fingerprint density at radius 3 is 2.65 bits per heavy atom. The molecule has 1 aromatic heterocycles. The number of benzene rings is 1. The van der Waals surface area contributed by atoms with Gasteiger partial charge in [-0.2, -0.15) is 0 Å². The Morgan fingerprint density at radius 2 is 2.05 bits per heavy atom. The van der Waals surface area contributed by atoms with Gasteiger partial charge in [-0.1, -0.05) is 11.6 Å². The molecule has 2 rings (SSSR count). The largest absolute Gasteiger partial charge is 0.465 e. The van der Waals surface area contributed by atoms with Gasteiger partial charge in [-0.15, -0.1) is 0 Å². The molecule has 0 aliphatic heterocycles. The first-order valence-electron chi connectivity index (χ1n) is 5.86. The first-order chi connectivity index (χ1) is 9.42. The van der Waals surface area contributed by atoms with Crippen LogP contribution in [0.4, 0.5) is 0 Å². The number of nitrogens with one attached hydrogen (secondary N) is 1. The molecule has 0 aliphatic rings. The molecule has 1 aromatic carbocycles. The van der Waals surface area contributed by atoms with Crippen molar-refractivity contribution < 1.29 is 17.9 Å². The minimum Gasteiger partial charge on any atom is -0.465 e. The second-order valence-corrected chi connectivity index (χ2v) is 6.42. The third-order valence-electron chi connectivity index (χ3n) is 2.73. The third-order valence-corrected chi connectivity index (χ3v) is 4.50. The molecule has 0 radical (unpaired) electrons. The first kappa shape index (κ1) is 15.1. The topological polar surface area (TPSA) is 79.5 Å². The van der Waals surface area contributed by atoms with Gasteiger partial charge >= 0.3 is 0 Å². The predicted octanol–water partition coefficient (Wildman–Crippen LogP) is 2.21. The number of halogens is 1. The SMILES string of the molecule is Cc1ccc(CNS(=O)(=O)c2ccc(Cl)c(CO)c2)o1. The van der Waals surface area contributed by atoms with Crippen LogP contribution in [-0.2, 0) is 23.2 Å². The van der Waals surface area contributed by atoms with E-state index in [2.05, 4.69) is 4.72 Å². The lowest BCUT2D eigenvalue weighted by Crippen LogP contribution is -2.23. The summed E-state index contributed by atoms with van der Waals surface area (Å²) >= 11 is 5.83. The van der Waals surface area contributed by atoms with Crippen molar-refractivity contribution in [3.63, 3.8) is 0 Å². The maximum atomic E-state index is 12.1. The average molecular weight is 316 g/mol. The van der Waals surface area contributed by atoms with Crippen LogP contribution in [0.5, 0.6) is 0 Å². The van der Waals surface area contributed by atoms with Gasteiger partial charge < -0.3 is 9.52 Å². The van der Waals surface area contributed by atoms with E-state index in [9.17, 15) is 8.42 Å². The number of rotatable bonds is 5. The second-order valence-electron chi connectivity index (χ2n) is 4.25. The highest BCUT2D eigenvalue weighted by molar-refractivity contribution is 7.89. The number of aliphatic hydroxyl groups is 1. The number of sulfonamides is 1. The number of aryl methyl sites for hydroxylation is 1. The molecular weight excluding hydrogens is 302 g/mol. The summed E-state index contributed by atoms with van der Waals surface area (Å²) in [7, 11) is -3.68. The van der Waals surface area contributed by atoms with Gasteiger partial charge in [0.05, 0.1) is 18.0 Å². The van der Waals surface area contributed by atoms with Crippen molar-refractivity contribution in [1.29, 1.82) is 0 Å². The summed E-state index contributed by atoms with van der Waals surface area (Å²) in [6.07, 6.45) is 0. The lowest BCUT2D eigenvalue weighted by Gasteiger charge is -2.08. The molecule has 0 bridgehead atoms. The van der Waals surface area contributed by atoms with E-state index >= 15 is 0 Å². The van der Waals surface area contributed by atoms with Crippen LogP contribution in [0.2, 0.25) is 5.02 Å². The summed E-state index contributed by atoms with van der Waals surface area (Å²) in [5, 5.41) is 9.43. The van der Waals surface area contributed by atoms with Crippen LogP contribution in [-0.4, -0.2) is 13.5 Å². The molecule has 20 heavy (non-hydrogen) atoms. The molecule has 0 aliphatic carbocycles. The van der Waals surface area contributed by atoms with Gasteiger partial charge in [0.2, 0.25) is 10.0 Å². The van der Waals surface area contributed by atoms with Crippen LogP contribution in [0.1, 0.15) is 17.1 Å². The average Bonchev–Trinajstić information content (AvgIpc) is 2.83. The van der Waals surface area contributed by atoms with Gasteiger partial charge in [-0.3, -0.25) is 0 Å². The first-order valence-corrected chi connectivity index (χ1v) is 7.73. The molecule has 0 spiro atoms. The van der Waals surface area contributed by atoms with Crippen molar-refractivity contribution in [3.8, 4) is 0 Å². The van der Waals surface area contributed by atoms with E-state index in [1.165, 1.54) is 18.2 Å². The number of hydrogen-bond donors (Lipinski definition) is 2. The van der Waals surface area contributed by atoms with Crippen LogP contribution < -0.4 is 4.72 Å². The van der Waals surface area contributed by atoms with Gasteiger partial charge in [0.1, 0.15) is 11.5 Å². The summed E-state index contributed by atoms with van der Waals surface area (Å²) in [5.41, 5.74) is 0.364. The minimum absolute atomic E-state index is 0.0502. The molecule has 5 nitrogen and oxygen atoms in total. The molecule has 0 fully saturated rings. The van der Waals surface area contributed by atoms with Crippen molar-refractivity contribution >= 4 is 21.6 Å². The normalized spacial score (nSPS) is 11.8. The Labute approximate surface area is 122 Å². The molecular formula is C13H14ClNO4S. The van der Waals surface area contributed by atoms with Crippen molar-refractivity contribution in [2.75, 3.05) is 0 Å². The predicted molar refractivity (Wildman–Crippen MR) is 74.8 cm³/mol. The van der Waals surface area contributed by atoms with Crippen molar-refractivity contribution in [1.82, 2.24) is 4.72 Å². The van der Waals surface area contributed by atoms with E-state index < -0.39 is 10.0 Å². The van der Waals surface area contributed by atoms with Crippen molar-refractivity contribution in [2.45, 2.75) is 25.0 Å². The van der Waals surface area contributed by atoms with Gasteiger partial charge in [-0.25, -0.2) is 13.1 Å². The van der Waals surface area contributed by atoms with E-state index in [1.807, 2.05) is 0 Å². The lowest BCUT2D eigenvalue weighted by atomic mass is 10.2. The fourth-order valence-corrected chi connectivity index (χ4v) is 2.89. The Kier molecular flexibility index (Phi) is 4.49. The zero-order chi connectivity index (χ0) is 14.8. The molecule has 2 aromatic rings. The zero-order valence-electron chi connectivity index (χ0n) is 10.8. The van der Waals surface area contributed by atoms with Crippen LogP contribution in [0, 0.1) is 6.92 Å². The highest BCUT2D eigenvalue weighted by Gasteiger charge is 2.16. The Hall–Kier alpha value is -1.34. The maximum absolute atomic E-state index is 12.1. The molecule has 0 unspecified atom stereocenters.